The zero-order chi connectivity index (χ0) is 20.1. The first-order valence-electron chi connectivity index (χ1n) is 9.36. The smallest absolute Gasteiger partial charge is 0.295 e. The van der Waals surface area contributed by atoms with Crippen LogP contribution in [0.4, 0.5) is 0 Å². The van der Waals surface area contributed by atoms with Crippen molar-refractivity contribution in [2.75, 3.05) is 13.2 Å². The number of benzene rings is 1. The molecule has 6 nitrogen and oxygen atoms in total. The molecular weight excluding hydrogens is 356 g/mol. The van der Waals surface area contributed by atoms with Crippen LogP contribution >= 0.6 is 0 Å². The van der Waals surface area contributed by atoms with Gasteiger partial charge < -0.3 is 14.7 Å². The fourth-order valence-corrected chi connectivity index (χ4v) is 3.30. The number of nitrogens with zero attached hydrogens (tertiary/aromatic N) is 2. The highest BCUT2D eigenvalue weighted by Gasteiger charge is 2.45. The Bertz CT molecular complexity index is 863. The van der Waals surface area contributed by atoms with Gasteiger partial charge in [-0.25, -0.2) is 0 Å². The molecule has 146 valence electrons. The Kier molecular flexibility index (Phi) is 6.21. The number of aliphatic hydroxyl groups excluding tert-OH is 1. The van der Waals surface area contributed by atoms with Gasteiger partial charge in [0.2, 0.25) is 0 Å². The Morgan fingerprint density at radius 2 is 1.93 bits per heavy atom. The molecule has 0 saturated carbocycles. The van der Waals surface area contributed by atoms with E-state index in [2.05, 4.69) is 4.98 Å². The number of pyridine rings is 1. The molecule has 1 saturated heterocycles. The van der Waals surface area contributed by atoms with Crippen molar-refractivity contribution in [3.05, 3.63) is 71.6 Å². The number of hydrogen-bond donors (Lipinski definition) is 1. The predicted molar refractivity (Wildman–Crippen MR) is 105 cm³/mol. The average molecular weight is 380 g/mol. The summed E-state index contributed by atoms with van der Waals surface area (Å²) in [6.45, 7) is 4.73. The molecule has 1 aromatic heterocycles. The van der Waals surface area contributed by atoms with Gasteiger partial charge in [0.1, 0.15) is 5.76 Å². The van der Waals surface area contributed by atoms with Crippen LogP contribution in [0.2, 0.25) is 0 Å². The highest BCUT2D eigenvalue weighted by Crippen LogP contribution is 2.39. The first-order chi connectivity index (χ1) is 13.5. The summed E-state index contributed by atoms with van der Waals surface area (Å²) in [7, 11) is 0. The number of Topliss-reactive ketones (excluding diaryl/α,β-unsaturated/α-hetero) is 1. The van der Waals surface area contributed by atoms with E-state index >= 15 is 0 Å². The van der Waals surface area contributed by atoms with Crippen molar-refractivity contribution < 1.29 is 19.4 Å². The average Bonchev–Trinajstić information content (AvgIpc) is 2.96. The number of rotatable bonds is 7. The van der Waals surface area contributed by atoms with Crippen molar-refractivity contribution in [1.82, 2.24) is 9.88 Å². The molecule has 1 N–H and O–H groups in total. The zero-order valence-electron chi connectivity index (χ0n) is 16.0. The standard InChI is InChI=1S/C22H24N2O4/c1-15(2)28-13-7-12-24-19(17-10-6-11-23-14-17)18(21(26)22(24)27)20(25)16-8-4-3-5-9-16/h3-6,8-11,14-15,19,25H,7,12-13H2,1-2H3. The largest absolute Gasteiger partial charge is 0.507 e. The van der Waals surface area contributed by atoms with Crippen molar-refractivity contribution in [2.24, 2.45) is 0 Å². The number of aromatic nitrogens is 1. The number of hydrogen-bond acceptors (Lipinski definition) is 5. The number of carbonyl (C=O) groups is 2. The molecule has 1 amide bonds. The van der Waals surface area contributed by atoms with E-state index in [1.807, 2.05) is 19.9 Å². The number of ether oxygens (including phenoxy) is 1. The third kappa shape index (κ3) is 4.12. The van der Waals surface area contributed by atoms with Crippen molar-refractivity contribution in [3.8, 4) is 0 Å². The van der Waals surface area contributed by atoms with Crippen LogP contribution in [0.1, 0.15) is 37.4 Å². The molecule has 6 heteroatoms. The summed E-state index contributed by atoms with van der Waals surface area (Å²) in [5, 5.41) is 10.8. The van der Waals surface area contributed by atoms with Crippen LogP contribution in [0, 0.1) is 0 Å². The van der Waals surface area contributed by atoms with Crippen LogP contribution in [0.3, 0.4) is 0 Å². The number of carbonyl (C=O) groups excluding carboxylic acids is 2. The maximum atomic E-state index is 12.8. The lowest BCUT2D eigenvalue weighted by Gasteiger charge is -2.25. The fraction of sp³-hybridized carbons (Fsp3) is 0.318. The van der Waals surface area contributed by atoms with Crippen molar-refractivity contribution >= 4 is 17.4 Å². The number of likely N-dealkylation sites (tertiary alicyclic amines) is 1. The molecule has 1 aliphatic rings. The number of amides is 1. The molecule has 1 unspecified atom stereocenters. The molecule has 2 aromatic rings. The molecule has 1 fully saturated rings. The molecule has 0 spiro atoms. The van der Waals surface area contributed by atoms with E-state index in [9.17, 15) is 14.7 Å². The number of aliphatic hydroxyl groups is 1. The SMILES string of the molecule is CC(C)OCCCN1C(=O)C(=O)C(=C(O)c2ccccc2)C1c1cccnc1. The first kappa shape index (κ1) is 19.8. The molecule has 2 heterocycles. The van der Waals surface area contributed by atoms with Crippen LogP contribution in [-0.2, 0) is 14.3 Å². The highest BCUT2D eigenvalue weighted by atomic mass is 16.5. The first-order valence-corrected chi connectivity index (χ1v) is 9.36. The van der Waals surface area contributed by atoms with Gasteiger partial charge in [-0.15, -0.1) is 0 Å². The second kappa shape index (κ2) is 8.80. The highest BCUT2D eigenvalue weighted by molar-refractivity contribution is 6.46. The van der Waals surface area contributed by atoms with E-state index in [0.717, 1.165) is 0 Å². The van der Waals surface area contributed by atoms with Crippen molar-refractivity contribution in [1.29, 1.82) is 0 Å². The van der Waals surface area contributed by atoms with Gasteiger partial charge in [-0.1, -0.05) is 36.4 Å². The van der Waals surface area contributed by atoms with Gasteiger partial charge in [0.05, 0.1) is 17.7 Å². The van der Waals surface area contributed by atoms with Crippen molar-refractivity contribution in [3.63, 3.8) is 0 Å². The van der Waals surface area contributed by atoms with E-state index in [-0.39, 0.29) is 17.4 Å². The van der Waals surface area contributed by atoms with Gasteiger partial charge in [0.25, 0.3) is 11.7 Å². The second-order valence-electron chi connectivity index (χ2n) is 6.92. The Morgan fingerprint density at radius 3 is 2.57 bits per heavy atom. The van der Waals surface area contributed by atoms with Gasteiger partial charge in [-0.05, 0) is 31.9 Å². The summed E-state index contributed by atoms with van der Waals surface area (Å²) in [6.07, 6.45) is 3.94. The van der Waals surface area contributed by atoms with E-state index in [1.165, 1.54) is 4.90 Å². The van der Waals surface area contributed by atoms with Gasteiger partial charge in [0, 0.05) is 31.1 Å². The Labute approximate surface area is 164 Å². The minimum atomic E-state index is -0.681. The third-order valence-electron chi connectivity index (χ3n) is 4.58. The van der Waals surface area contributed by atoms with E-state index in [4.69, 9.17) is 4.74 Å². The lowest BCUT2D eigenvalue weighted by Crippen LogP contribution is -2.31. The lowest BCUT2D eigenvalue weighted by molar-refractivity contribution is -0.140. The fourth-order valence-electron chi connectivity index (χ4n) is 3.30. The normalized spacial score (nSPS) is 18.8. The van der Waals surface area contributed by atoms with Gasteiger partial charge in [-0.3, -0.25) is 14.6 Å². The van der Waals surface area contributed by atoms with Gasteiger partial charge in [-0.2, -0.15) is 0 Å². The Balaban J connectivity index is 1.99. The molecule has 28 heavy (non-hydrogen) atoms. The second-order valence-corrected chi connectivity index (χ2v) is 6.92. The number of ketones is 1. The maximum absolute atomic E-state index is 12.8. The Hall–Kier alpha value is -2.99. The quantitative estimate of drug-likeness (QED) is 0.345. The van der Waals surface area contributed by atoms with E-state index in [0.29, 0.717) is 30.7 Å². The van der Waals surface area contributed by atoms with Crippen LogP contribution in [0.5, 0.6) is 0 Å². The molecule has 1 aliphatic heterocycles. The topological polar surface area (TPSA) is 79.7 Å². The van der Waals surface area contributed by atoms with Crippen LogP contribution in [0.25, 0.3) is 5.76 Å². The summed E-state index contributed by atoms with van der Waals surface area (Å²) >= 11 is 0. The summed E-state index contributed by atoms with van der Waals surface area (Å²) in [4.78, 5) is 31.1. The summed E-state index contributed by atoms with van der Waals surface area (Å²) in [5.41, 5.74) is 1.27. The molecule has 3 rings (SSSR count). The predicted octanol–water partition coefficient (Wildman–Crippen LogP) is 3.32. The molecule has 0 aliphatic carbocycles. The van der Waals surface area contributed by atoms with Gasteiger partial charge >= 0.3 is 0 Å². The molecule has 0 radical (unpaired) electrons. The summed E-state index contributed by atoms with van der Waals surface area (Å²) < 4.78 is 5.55. The monoisotopic (exact) mass is 380 g/mol. The minimum Gasteiger partial charge on any atom is -0.507 e. The van der Waals surface area contributed by atoms with Crippen LogP contribution < -0.4 is 0 Å². The minimum absolute atomic E-state index is 0.0916. The van der Waals surface area contributed by atoms with Gasteiger partial charge in [0.15, 0.2) is 0 Å². The molecule has 0 bridgehead atoms. The van der Waals surface area contributed by atoms with E-state index in [1.54, 1.807) is 48.8 Å². The summed E-state index contributed by atoms with van der Waals surface area (Å²) in [5.74, 6) is -1.47. The molecule has 1 atom stereocenters. The molecular formula is C22H24N2O4. The molecule has 1 aromatic carbocycles. The zero-order valence-corrected chi connectivity index (χ0v) is 16.0. The summed E-state index contributed by atoms with van der Waals surface area (Å²) in [6, 6.07) is 11.7. The Morgan fingerprint density at radius 1 is 1.18 bits per heavy atom. The third-order valence-corrected chi connectivity index (χ3v) is 4.58. The van der Waals surface area contributed by atoms with E-state index < -0.39 is 17.7 Å². The lowest BCUT2D eigenvalue weighted by atomic mass is 9.96. The maximum Gasteiger partial charge on any atom is 0.295 e. The van der Waals surface area contributed by atoms with Crippen LogP contribution in [0.15, 0.2) is 60.4 Å². The van der Waals surface area contributed by atoms with Crippen LogP contribution in [-0.4, -0.2) is 45.9 Å². The van der Waals surface area contributed by atoms with Crippen molar-refractivity contribution in [2.45, 2.75) is 32.4 Å².